The quantitative estimate of drug-likeness (QED) is 0.900. The molecule has 0 spiro atoms. The van der Waals surface area contributed by atoms with E-state index >= 15 is 0 Å². The van der Waals surface area contributed by atoms with Crippen molar-refractivity contribution < 1.29 is 4.74 Å². The van der Waals surface area contributed by atoms with Gasteiger partial charge in [-0.2, -0.15) is 0 Å². The molecule has 0 aromatic heterocycles. The first-order valence-corrected chi connectivity index (χ1v) is 7.57. The lowest BCUT2D eigenvalue weighted by Gasteiger charge is -2.19. The van der Waals surface area contributed by atoms with Crippen molar-refractivity contribution in [3.8, 4) is 5.75 Å². The predicted octanol–water partition coefficient (Wildman–Crippen LogP) is 3.91. The summed E-state index contributed by atoms with van der Waals surface area (Å²) in [5.41, 5.74) is 3.65. The molecular formula is C18H22N2O. The van der Waals surface area contributed by atoms with Gasteiger partial charge >= 0.3 is 0 Å². The largest absolute Gasteiger partial charge is 0.496 e. The Morgan fingerprint density at radius 1 is 1.05 bits per heavy atom. The van der Waals surface area contributed by atoms with Gasteiger partial charge in [-0.05, 0) is 37.1 Å². The van der Waals surface area contributed by atoms with E-state index in [1.165, 1.54) is 37.2 Å². The predicted molar refractivity (Wildman–Crippen MR) is 88.2 cm³/mol. The molecule has 1 saturated heterocycles. The third-order valence-electron chi connectivity index (χ3n) is 3.99. The van der Waals surface area contributed by atoms with Crippen LogP contribution in [0.25, 0.3) is 0 Å². The number of benzene rings is 2. The molecule has 110 valence electrons. The number of para-hydroxylation sites is 1. The molecule has 2 aromatic carbocycles. The van der Waals surface area contributed by atoms with Gasteiger partial charge in [-0.15, -0.1) is 0 Å². The smallest absolute Gasteiger partial charge is 0.123 e. The summed E-state index contributed by atoms with van der Waals surface area (Å²) in [4.78, 5) is 2.45. The highest BCUT2D eigenvalue weighted by atomic mass is 16.5. The van der Waals surface area contributed by atoms with Crippen LogP contribution in [0, 0.1) is 0 Å². The topological polar surface area (TPSA) is 24.5 Å². The van der Waals surface area contributed by atoms with Gasteiger partial charge in [-0.3, -0.25) is 0 Å². The fourth-order valence-electron chi connectivity index (χ4n) is 2.83. The van der Waals surface area contributed by atoms with Crippen molar-refractivity contribution in [1.29, 1.82) is 0 Å². The van der Waals surface area contributed by atoms with Gasteiger partial charge in [0, 0.05) is 36.6 Å². The molecule has 0 atom stereocenters. The van der Waals surface area contributed by atoms with Crippen LogP contribution in [0.3, 0.4) is 0 Å². The highest BCUT2D eigenvalue weighted by molar-refractivity contribution is 5.58. The summed E-state index contributed by atoms with van der Waals surface area (Å²) in [5.74, 6) is 0.931. The Balaban J connectivity index is 1.69. The zero-order valence-corrected chi connectivity index (χ0v) is 12.5. The van der Waals surface area contributed by atoms with Crippen LogP contribution in [0.15, 0.2) is 48.5 Å². The molecule has 0 unspecified atom stereocenters. The van der Waals surface area contributed by atoms with E-state index < -0.39 is 0 Å². The molecule has 0 amide bonds. The lowest BCUT2D eigenvalue weighted by atomic mass is 10.2. The van der Waals surface area contributed by atoms with Crippen LogP contribution in [0.4, 0.5) is 11.4 Å². The maximum atomic E-state index is 5.39. The van der Waals surface area contributed by atoms with E-state index in [1.54, 1.807) is 7.11 Å². The summed E-state index contributed by atoms with van der Waals surface area (Å²) in [5, 5.41) is 3.49. The average Bonchev–Trinajstić information content (AvgIpc) is 3.08. The van der Waals surface area contributed by atoms with Gasteiger partial charge in [0.05, 0.1) is 7.11 Å². The van der Waals surface area contributed by atoms with E-state index in [4.69, 9.17) is 4.74 Å². The molecule has 1 aliphatic rings. The summed E-state index contributed by atoms with van der Waals surface area (Å²) >= 11 is 0. The Hall–Kier alpha value is -2.16. The van der Waals surface area contributed by atoms with Gasteiger partial charge in [-0.1, -0.05) is 24.3 Å². The molecule has 1 heterocycles. The Bertz CT molecular complexity index is 591. The average molecular weight is 282 g/mol. The second-order valence-corrected chi connectivity index (χ2v) is 5.41. The van der Waals surface area contributed by atoms with Crippen molar-refractivity contribution in [2.45, 2.75) is 19.4 Å². The fraction of sp³-hybridized carbons (Fsp3) is 0.333. The van der Waals surface area contributed by atoms with Crippen LogP contribution in [0.2, 0.25) is 0 Å². The highest BCUT2D eigenvalue weighted by Crippen LogP contribution is 2.24. The molecule has 0 bridgehead atoms. The maximum Gasteiger partial charge on any atom is 0.123 e. The monoisotopic (exact) mass is 282 g/mol. The Morgan fingerprint density at radius 3 is 2.67 bits per heavy atom. The van der Waals surface area contributed by atoms with Gasteiger partial charge < -0.3 is 15.0 Å². The zero-order chi connectivity index (χ0) is 14.5. The molecule has 1 N–H and O–H groups in total. The lowest BCUT2D eigenvalue weighted by molar-refractivity contribution is 0.410. The van der Waals surface area contributed by atoms with Crippen LogP contribution in [-0.2, 0) is 6.54 Å². The molecule has 1 aliphatic heterocycles. The van der Waals surface area contributed by atoms with E-state index in [9.17, 15) is 0 Å². The first-order valence-electron chi connectivity index (χ1n) is 7.57. The van der Waals surface area contributed by atoms with E-state index in [-0.39, 0.29) is 0 Å². The summed E-state index contributed by atoms with van der Waals surface area (Å²) in [6, 6.07) is 16.8. The number of anilines is 2. The number of hydrogen-bond donors (Lipinski definition) is 1. The number of nitrogens with one attached hydrogen (secondary N) is 1. The van der Waals surface area contributed by atoms with Gasteiger partial charge in [0.1, 0.15) is 5.75 Å². The number of ether oxygens (including phenoxy) is 1. The summed E-state index contributed by atoms with van der Waals surface area (Å²) < 4.78 is 5.39. The minimum absolute atomic E-state index is 0.771. The molecule has 0 aliphatic carbocycles. The van der Waals surface area contributed by atoms with Crippen molar-refractivity contribution in [1.82, 2.24) is 0 Å². The van der Waals surface area contributed by atoms with Crippen LogP contribution in [-0.4, -0.2) is 20.2 Å². The van der Waals surface area contributed by atoms with Crippen molar-refractivity contribution in [3.63, 3.8) is 0 Å². The summed E-state index contributed by atoms with van der Waals surface area (Å²) in [6.07, 6.45) is 2.61. The van der Waals surface area contributed by atoms with Crippen LogP contribution in [0.1, 0.15) is 18.4 Å². The third-order valence-corrected chi connectivity index (χ3v) is 3.99. The van der Waals surface area contributed by atoms with Crippen molar-refractivity contribution in [3.05, 3.63) is 54.1 Å². The molecule has 0 radical (unpaired) electrons. The maximum absolute atomic E-state index is 5.39. The molecule has 3 heteroatoms. The number of nitrogens with zero attached hydrogens (tertiary/aromatic N) is 1. The Labute approximate surface area is 126 Å². The third kappa shape index (κ3) is 3.30. The van der Waals surface area contributed by atoms with Crippen molar-refractivity contribution >= 4 is 11.4 Å². The minimum atomic E-state index is 0.771. The Kier molecular flexibility index (Phi) is 4.29. The van der Waals surface area contributed by atoms with E-state index in [1.807, 2.05) is 18.2 Å². The Morgan fingerprint density at radius 2 is 1.86 bits per heavy atom. The van der Waals surface area contributed by atoms with E-state index in [2.05, 4.69) is 40.5 Å². The SMILES string of the molecule is COc1ccccc1CNc1cccc(N2CCCC2)c1. The van der Waals surface area contributed by atoms with Crippen LogP contribution in [0.5, 0.6) is 5.75 Å². The number of rotatable bonds is 5. The van der Waals surface area contributed by atoms with Gasteiger partial charge in [0.2, 0.25) is 0 Å². The molecule has 3 nitrogen and oxygen atoms in total. The standard InChI is InChI=1S/C18H22N2O/c1-21-18-10-3-2-7-15(18)14-19-16-8-6-9-17(13-16)20-11-4-5-12-20/h2-3,6-10,13,19H,4-5,11-12,14H2,1H3. The normalized spacial score (nSPS) is 14.2. The second-order valence-electron chi connectivity index (χ2n) is 5.41. The van der Waals surface area contributed by atoms with E-state index in [0.717, 1.165) is 18.0 Å². The highest BCUT2D eigenvalue weighted by Gasteiger charge is 2.12. The number of methoxy groups -OCH3 is 1. The number of hydrogen-bond acceptors (Lipinski definition) is 3. The first kappa shape index (κ1) is 13.8. The van der Waals surface area contributed by atoms with Crippen LogP contribution < -0.4 is 15.0 Å². The van der Waals surface area contributed by atoms with Gasteiger partial charge in [-0.25, -0.2) is 0 Å². The lowest BCUT2D eigenvalue weighted by Crippen LogP contribution is -2.17. The minimum Gasteiger partial charge on any atom is -0.496 e. The fourth-order valence-corrected chi connectivity index (χ4v) is 2.83. The molecule has 1 fully saturated rings. The first-order chi connectivity index (χ1) is 10.4. The van der Waals surface area contributed by atoms with Gasteiger partial charge in [0.15, 0.2) is 0 Å². The summed E-state index contributed by atoms with van der Waals surface area (Å²) in [7, 11) is 1.72. The molecule has 0 saturated carbocycles. The molecule has 2 aromatic rings. The zero-order valence-electron chi connectivity index (χ0n) is 12.5. The van der Waals surface area contributed by atoms with Crippen molar-refractivity contribution in [2.75, 3.05) is 30.4 Å². The summed E-state index contributed by atoms with van der Waals surface area (Å²) in [6.45, 7) is 3.12. The second kappa shape index (κ2) is 6.53. The van der Waals surface area contributed by atoms with E-state index in [0.29, 0.717) is 0 Å². The van der Waals surface area contributed by atoms with Gasteiger partial charge in [0.25, 0.3) is 0 Å². The molecular weight excluding hydrogens is 260 g/mol. The van der Waals surface area contributed by atoms with Crippen LogP contribution >= 0.6 is 0 Å². The van der Waals surface area contributed by atoms with Crippen molar-refractivity contribution in [2.24, 2.45) is 0 Å². The molecule has 3 rings (SSSR count). The molecule has 21 heavy (non-hydrogen) atoms.